The van der Waals surface area contributed by atoms with Crippen LogP contribution in [0.1, 0.15) is 21.5 Å². The smallest absolute Gasteiger partial charge is 0.251 e. The third-order valence-corrected chi connectivity index (χ3v) is 4.30. The highest BCUT2D eigenvalue weighted by molar-refractivity contribution is 5.96. The molecule has 5 nitrogen and oxygen atoms in total. The van der Waals surface area contributed by atoms with Crippen LogP contribution in [0.4, 0.5) is 8.78 Å². The molecule has 136 valence electrons. The highest BCUT2D eigenvalue weighted by Gasteiger charge is 2.21. The first-order valence-corrected chi connectivity index (χ1v) is 8.14. The van der Waals surface area contributed by atoms with E-state index in [4.69, 9.17) is 4.74 Å². The van der Waals surface area contributed by atoms with E-state index >= 15 is 0 Å². The summed E-state index contributed by atoms with van der Waals surface area (Å²) in [4.78, 5) is 26.0. The lowest BCUT2D eigenvalue weighted by molar-refractivity contribution is -0.131. The van der Waals surface area contributed by atoms with Crippen LogP contribution in [0, 0.1) is 11.6 Å². The van der Waals surface area contributed by atoms with Crippen molar-refractivity contribution in [3.63, 3.8) is 0 Å². The summed E-state index contributed by atoms with van der Waals surface area (Å²) in [5.74, 6) is -1.93. The quantitative estimate of drug-likeness (QED) is 0.910. The maximum Gasteiger partial charge on any atom is 0.251 e. The molecule has 0 fully saturated rings. The maximum atomic E-state index is 13.2. The van der Waals surface area contributed by atoms with Crippen molar-refractivity contribution in [3.05, 3.63) is 64.7 Å². The predicted octanol–water partition coefficient (Wildman–Crippen LogP) is 2.29. The Morgan fingerprint density at radius 3 is 2.54 bits per heavy atom. The monoisotopic (exact) mass is 360 g/mol. The molecular weight excluding hydrogens is 342 g/mol. The number of nitrogens with zero attached hydrogens (tertiary/aromatic N) is 1. The zero-order valence-electron chi connectivity index (χ0n) is 14.2. The second-order valence-electron chi connectivity index (χ2n) is 6.04. The molecule has 2 aromatic carbocycles. The van der Waals surface area contributed by atoms with E-state index in [-0.39, 0.29) is 18.0 Å². The number of halogens is 2. The average molecular weight is 360 g/mol. The molecule has 0 bridgehead atoms. The molecule has 0 radical (unpaired) electrons. The molecule has 0 saturated carbocycles. The number of hydrogen-bond donors (Lipinski definition) is 1. The van der Waals surface area contributed by atoms with Crippen LogP contribution in [0.3, 0.4) is 0 Å². The van der Waals surface area contributed by atoms with Gasteiger partial charge in [0.2, 0.25) is 5.91 Å². The Balaban J connectivity index is 1.61. The van der Waals surface area contributed by atoms with E-state index in [9.17, 15) is 18.4 Å². The summed E-state index contributed by atoms with van der Waals surface area (Å²) in [7, 11) is 1.58. The lowest BCUT2D eigenvalue weighted by Gasteiger charge is -2.29. The molecule has 0 saturated heterocycles. The van der Waals surface area contributed by atoms with Gasteiger partial charge in [-0.15, -0.1) is 0 Å². The zero-order chi connectivity index (χ0) is 18.7. The Morgan fingerprint density at radius 1 is 1.12 bits per heavy atom. The van der Waals surface area contributed by atoms with Crippen LogP contribution in [0.5, 0.6) is 5.75 Å². The minimum Gasteiger partial charge on any atom is -0.497 e. The number of amides is 2. The largest absolute Gasteiger partial charge is 0.497 e. The van der Waals surface area contributed by atoms with Crippen molar-refractivity contribution in [3.8, 4) is 5.75 Å². The molecule has 3 rings (SSSR count). The van der Waals surface area contributed by atoms with Crippen LogP contribution < -0.4 is 10.1 Å². The van der Waals surface area contributed by atoms with E-state index in [1.54, 1.807) is 12.0 Å². The minimum atomic E-state index is -0.844. The molecule has 1 N–H and O–H groups in total. The van der Waals surface area contributed by atoms with Gasteiger partial charge < -0.3 is 15.0 Å². The summed E-state index contributed by atoms with van der Waals surface area (Å²) in [6, 6.07) is 8.29. The molecule has 0 spiro atoms. The van der Waals surface area contributed by atoms with Crippen molar-refractivity contribution in [2.24, 2.45) is 0 Å². The Hall–Kier alpha value is -2.96. The second-order valence-corrected chi connectivity index (χ2v) is 6.04. The number of benzene rings is 2. The first-order chi connectivity index (χ1) is 12.5. The van der Waals surface area contributed by atoms with E-state index in [0.29, 0.717) is 25.6 Å². The highest BCUT2D eigenvalue weighted by Crippen LogP contribution is 2.23. The van der Waals surface area contributed by atoms with Crippen LogP contribution in [-0.4, -0.2) is 36.9 Å². The van der Waals surface area contributed by atoms with Gasteiger partial charge in [0.15, 0.2) is 0 Å². The van der Waals surface area contributed by atoms with Crippen molar-refractivity contribution < 1.29 is 23.1 Å². The normalized spacial score (nSPS) is 13.1. The molecule has 26 heavy (non-hydrogen) atoms. The Bertz CT molecular complexity index is 834. The van der Waals surface area contributed by atoms with Gasteiger partial charge in [-0.05, 0) is 41.8 Å². The Kier molecular flexibility index (Phi) is 5.16. The van der Waals surface area contributed by atoms with Crippen molar-refractivity contribution >= 4 is 11.8 Å². The SMILES string of the molecule is COc1ccc2c(c1)CN(C(=O)CNC(=O)c1cc(F)cc(F)c1)CC2. The second kappa shape index (κ2) is 7.51. The number of hydrogen-bond acceptors (Lipinski definition) is 3. The summed E-state index contributed by atoms with van der Waals surface area (Å²) in [6.07, 6.45) is 0.716. The van der Waals surface area contributed by atoms with E-state index in [1.807, 2.05) is 18.2 Å². The van der Waals surface area contributed by atoms with Gasteiger partial charge >= 0.3 is 0 Å². The molecule has 2 aromatic rings. The summed E-state index contributed by atoms with van der Waals surface area (Å²) < 4.78 is 31.6. The van der Waals surface area contributed by atoms with Crippen molar-refractivity contribution in [1.82, 2.24) is 10.2 Å². The van der Waals surface area contributed by atoms with Gasteiger partial charge in [-0.2, -0.15) is 0 Å². The molecule has 0 aliphatic carbocycles. The van der Waals surface area contributed by atoms with Crippen molar-refractivity contribution in [2.45, 2.75) is 13.0 Å². The maximum absolute atomic E-state index is 13.2. The summed E-state index contributed by atoms with van der Waals surface area (Å²) in [5.41, 5.74) is 2.00. The minimum absolute atomic E-state index is 0.163. The number of carbonyl (C=O) groups is 2. The summed E-state index contributed by atoms with van der Waals surface area (Å²) in [6.45, 7) is 0.731. The standard InChI is InChI=1S/C19H18F2N2O3/c1-26-17-3-2-12-4-5-23(11-14(12)8-17)18(24)10-22-19(25)13-6-15(20)9-16(21)7-13/h2-3,6-9H,4-5,10-11H2,1H3,(H,22,25). The van der Waals surface area contributed by atoms with Crippen LogP contribution in [-0.2, 0) is 17.8 Å². The van der Waals surface area contributed by atoms with Crippen LogP contribution in [0.15, 0.2) is 36.4 Å². The molecule has 1 heterocycles. The molecule has 0 aromatic heterocycles. The third kappa shape index (κ3) is 3.99. The molecule has 0 unspecified atom stereocenters. The van der Waals surface area contributed by atoms with Gasteiger partial charge in [0.25, 0.3) is 5.91 Å². The summed E-state index contributed by atoms with van der Waals surface area (Å²) >= 11 is 0. The van der Waals surface area contributed by atoms with Gasteiger partial charge in [0.05, 0.1) is 13.7 Å². The van der Waals surface area contributed by atoms with Crippen LogP contribution >= 0.6 is 0 Å². The van der Waals surface area contributed by atoms with E-state index in [0.717, 1.165) is 29.0 Å². The van der Waals surface area contributed by atoms with Crippen molar-refractivity contribution in [2.75, 3.05) is 20.2 Å². The number of methoxy groups -OCH3 is 1. The van der Waals surface area contributed by atoms with Crippen LogP contribution in [0.2, 0.25) is 0 Å². The summed E-state index contributed by atoms with van der Waals surface area (Å²) in [5, 5.41) is 2.41. The topological polar surface area (TPSA) is 58.6 Å². The number of carbonyl (C=O) groups excluding carboxylic acids is 2. The fraction of sp³-hybridized carbons (Fsp3) is 0.263. The highest BCUT2D eigenvalue weighted by atomic mass is 19.1. The fourth-order valence-electron chi connectivity index (χ4n) is 2.93. The fourth-order valence-corrected chi connectivity index (χ4v) is 2.93. The molecule has 7 heteroatoms. The molecule has 2 amide bonds. The van der Waals surface area contributed by atoms with Gasteiger partial charge in [-0.3, -0.25) is 9.59 Å². The van der Waals surface area contributed by atoms with Gasteiger partial charge in [0, 0.05) is 24.7 Å². The Labute approximate surface area is 149 Å². The number of ether oxygens (including phenoxy) is 1. The van der Waals surface area contributed by atoms with Crippen molar-refractivity contribution in [1.29, 1.82) is 0 Å². The van der Waals surface area contributed by atoms with E-state index in [1.165, 1.54) is 0 Å². The number of fused-ring (bicyclic) bond motifs is 1. The number of rotatable bonds is 4. The van der Waals surface area contributed by atoms with Crippen LogP contribution in [0.25, 0.3) is 0 Å². The van der Waals surface area contributed by atoms with E-state index in [2.05, 4.69) is 5.32 Å². The van der Waals surface area contributed by atoms with Gasteiger partial charge in [0.1, 0.15) is 17.4 Å². The van der Waals surface area contributed by atoms with Gasteiger partial charge in [-0.25, -0.2) is 8.78 Å². The van der Waals surface area contributed by atoms with E-state index < -0.39 is 17.5 Å². The first kappa shape index (κ1) is 17.8. The lowest BCUT2D eigenvalue weighted by atomic mass is 9.99. The third-order valence-electron chi connectivity index (χ3n) is 4.30. The van der Waals surface area contributed by atoms with Gasteiger partial charge in [-0.1, -0.05) is 6.07 Å². The molecular formula is C19H18F2N2O3. The molecule has 1 aliphatic rings. The number of nitrogens with one attached hydrogen (secondary N) is 1. The molecule has 1 aliphatic heterocycles. The predicted molar refractivity (Wildman–Crippen MR) is 90.8 cm³/mol. The Morgan fingerprint density at radius 2 is 1.85 bits per heavy atom. The first-order valence-electron chi connectivity index (χ1n) is 8.14. The lowest BCUT2D eigenvalue weighted by Crippen LogP contribution is -2.42. The zero-order valence-corrected chi connectivity index (χ0v) is 14.2. The average Bonchev–Trinajstić information content (AvgIpc) is 2.64. The molecule has 0 atom stereocenters.